The molecular formula is C44H51IN2O8. The second kappa shape index (κ2) is 18.1. The Bertz CT molecular complexity index is 1920. The van der Waals surface area contributed by atoms with Gasteiger partial charge in [-0.1, -0.05) is 83.3 Å². The number of para-hydroxylation sites is 4. The van der Waals surface area contributed by atoms with E-state index in [1.165, 1.54) is 0 Å². The van der Waals surface area contributed by atoms with Crippen molar-refractivity contribution in [1.29, 1.82) is 0 Å². The lowest BCUT2D eigenvalue weighted by atomic mass is 9.81. The zero-order chi connectivity index (χ0) is 39.0. The van der Waals surface area contributed by atoms with E-state index in [-0.39, 0.29) is 23.5 Å². The topological polar surface area (TPSA) is 107 Å². The van der Waals surface area contributed by atoms with E-state index in [1.807, 2.05) is 93.6 Å². The highest BCUT2D eigenvalue weighted by Crippen LogP contribution is 2.46. The number of nitrogens with zero attached hydrogens (tertiary/aromatic N) is 2. The van der Waals surface area contributed by atoms with Gasteiger partial charge in [0.1, 0.15) is 34.2 Å². The largest absolute Gasteiger partial charge is 0.496 e. The highest BCUT2D eigenvalue weighted by molar-refractivity contribution is 14.1. The van der Waals surface area contributed by atoms with Crippen LogP contribution in [0.2, 0.25) is 0 Å². The van der Waals surface area contributed by atoms with E-state index in [0.717, 1.165) is 41.9 Å². The molecule has 8 rings (SSSR count). The van der Waals surface area contributed by atoms with Gasteiger partial charge in [-0.2, -0.15) is 0 Å². The van der Waals surface area contributed by atoms with Crippen LogP contribution in [0.5, 0.6) is 23.0 Å². The summed E-state index contributed by atoms with van der Waals surface area (Å²) in [6.45, 7) is 2.53. The number of methoxy groups -OCH3 is 3. The Morgan fingerprint density at radius 3 is 1.49 bits per heavy atom. The van der Waals surface area contributed by atoms with Gasteiger partial charge in [-0.05, 0) is 41.3 Å². The number of likely N-dealkylation sites (tertiary alicyclic amines) is 2. The molecule has 2 fully saturated rings. The Balaban J connectivity index is 0.000000179. The van der Waals surface area contributed by atoms with E-state index in [1.54, 1.807) is 33.5 Å². The van der Waals surface area contributed by atoms with Gasteiger partial charge in [-0.25, -0.2) is 0 Å². The fourth-order valence-corrected chi connectivity index (χ4v) is 8.19. The number of benzene rings is 4. The zero-order valence-electron chi connectivity index (χ0n) is 32.0. The molecule has 2 saturated heterocycles. The van der Waals surface area contributed by atoms with E-state index in [0.29, 0.717) is 68.1 Å². The van der Waals surface area contributed by atoms with Gasteiger partial charge in [0, 0.05) is 82.9 Å². The summed E-state index contributed by atoms with van der Waals surface area (Å²) < 4.78 is 29.1. The fraction of sp³-hybridized carbons (Fsp3) is 0.409. The molecular weight excluding hydrogens is 811 g/mol. The molecule has 2 spiro atoms. The first kappa shape index (κ1) is 40.3. The maximum atomic E-state index is 12.9. The number of halogens is 1. The molecule has 0 radical (unpaired) electrons. The van der Waals surface area contributed by atoms with E-state index >= 15 is 0 Å². The molecule has 4 aromatic rings. The van der Waals surface area contributed by atoms with E-state index in [9.17, 15) is 14.7 Å². The van der Waals surface area contributed by atoms with Gasteiger partial charge in [0.05, 0.1) is 37.6 Å². The summed E-state index contributed by atoms with van der Waals surface area (Å²) in [5, 5.41) is 10.5. The lowest BCUT2D eigenvalue weighted by molar-refractivity contribution is -0.0609. The SMILES string of the molecule is CI.COc1ccccc1C(=O)N1CCC2(CC1)CC(O)c1ccccc1O2.COc1ccccc1C(=O)N1CCC2(CC1)CC(OC)c1ccccc1O2. The Labute approximate surface area is 337 Å². The monoisotopic (exact) mass is 862 g/mol. The number of fused-ring (bicyclic) bond motifs is 2. The minimum atomic E-state index is -0.517. The average molecular weight is 863 g/mol. The third kappa shape index (κ3) is 8.74. The van der Waals surface area contributed by atoms with Crippen molar-refractivity contribution in [3.8, 4) is 23.0 Å². The van der Waals surface area contributed by atoms with Crippen LogP contribution in [0.4, 0.5) is 0 Å². The minimum absolute atomic E-state index is 0.0156. The second-order valence-corrected chi connectivity index (χ2v) is 14.3. The van der Waals surface area contributed by atoms with Crippen LogP contribution < -0.4 is 18.9 Å². The lowest BCUT2D eigenvalue weighted by Crippen LogP contribution is -2.52. The number of aliphatic hydroxyl groups is 1. The van der Waals surface area contributed by atoms with Gasteiger partial charge >= 0.3 is 0 Å². The third-order valence-corrected chi connectivity index (χ3v) is 11.2. The van der Waals surface area contributed by atoms with Crippen LogP contribution in [-0.2, 0) is 4.74 Å². The fourth-order valence-electron chi connectivity index (χ4n) is 8.19. The highest BCUT2D eigenvalue weighted by atomic mass is 127. The van der Waals surface area contributed by atoms with Crippen LogP contribution >= 0.6 is 22.6 Å². The number of rotatable bonds is 5. The first-order valence-corrected chi connectivity index (χ1v) is 20.9. The first-order valence-electron chi connectivity index (χ1n) is 18.8. The molecule has 0 saturated carbocycles. The van der Waals surface area contributed by atoms with Crippen molar-refractivity contribution in [2.45, 2.75) is 61.9 Å². The number of hydrogen-bond donors (Lipinski definition) is 1. The van der Waals surface area contributed by atoms with Crippen molar-refractivity contribution in [3.63, 3.8) is 0 Å². The normalized spacial score (nSPS) is 20.2. The van der Waals surface area contributed by atoms with Crippen LogP contribution in [0.1, 0.15) is 82.6 Å². The summed E-state index contributed by atoms with van der Waals surface area (Å²) in [7, 11) is 4.92. The Kier molecular flexibility index (Phi) is 13.3. The molecule has 1 N–H and O–H groups in total. The molecule has 11 heteroatoms. The molecule has 0 aromatic heterocycles. The number of amides is 2. The quantitative estimate of drug-likeness (QED) is 0.159. The van der Waals surface area contributed by atoms with Crippen LogP contribution in [0.3, 0.4) is 0 Å². The van der Waals surface area contributed by atoms with Crippen molar-refractivity contribution < 1.29 is 38.4 Å². The molecule has 4 aliphatic rings. The number of hydrogen-bond acceptors (Lipinski definition) is 8. The summed E-state index contributed by atoms with van der Waals surface area (Å²) in [6, 6.07) is 30.4. The highest BCUT2D eigenvalue weighted by Gasteiger charge is 2.45. The van der Waals surface area contributed by atoms with Crippen molar-refractivity contribution >= 4 is 34.4 Å². The average Bonchev–Trinajstić information content (AvgIpc) is 3.24. The number of piperidine rings is 2. The standard InChI is InChI=1S/C22H25NO4.C21H23NO4.CH3I/c1-25-18-9-5-4-8-17(18)21(24)23-13-11-22(12-14-23)15-20(26-2)16-7-3-6-10-19(16)27-22;1-25-18-8-4-3-7-16(18)20(24)22-12-10-21(11-13-22)14-17(23)15-6-2-5-9-19(15)26-21;1-2/h3-10,20H,11-15H2,1-2H3;2-9,17,23H,10-14H2,1H3;1H3. The molecule has 292 valence electrons. The van der Waals surface area contributed by atoms with E-state index in [2.05, 4.69) is 28.7 Å². The van der Waals surface area contributed by atoms with E-state index < -0.39 is 11.7 Å². The van der Waals surface area contributed by atoms with Crippen LogP contribution in [0, 0.1) is 0 Å². The van der Waals surface area contributed by atoms with Crippen molar-refractivity contribution in [3.05, 3.63) is 119 Å². The molecule has 55 heavy (non-hydrogen) atoms. The maximum Gasteiger partial charge on any atom is 0.257 e. The molecule has 10 nitrogen and oxygen atoms in total. The zero-order valence-corrected chi connectivity index (χ0v) is 34.2. The molecule has 0 bridgehead atoms. The maximum absolute atomic E-state index is 12.9. The van der Waals surface area contributed by atoms with Crippen molar-refractivity contribution in [2.24, 2.45) is 0 Å². The first-order chi connectivity index (χ1) is 26.8. The predicted molar refractivity (Wildman–Crippen MR) is 220 cm³/mol. The number of carbonyl (C=O) groups is 2. The molecule has 4 aliphatic heterocycles. The van der Waals surface area contributed by atoms with E-state index in [4.69, 9.17) is 23.7 Å². The molecule has 2 unspecified atom stereocenters. The Hall–Kier alpha value is -4.33. The molecule has 2 atom stereocenters. The van der Waals surface area contributed by atoms with Gasteiger partial charge in [0.25, 0.3) is 11.8 Å². The van der Waals surface area contributed by atoms with Gasteiger partial charge in [0.15, 0.2) is 0 Å². The summed E-state index contributed by atoms with van der Waals surface area (Å²) in [5.74, 6) is 2.87. The Morgan fingerprint density at radius 2 is 1.02 bits per heavy atom. The minimum Gasteiger partial charge on any atom is -0.496 e. The number of ether oxygens (including phenoxy) is 5. The molecule has 0 aliphatic carbocycles. The third-order valence-electron chi connectivity index (χ3n) is 11.2. The summed E-state index contributed by atoms with van der Waals surface area (Å²) in [5.41, 5.74) is 2.49. The molecule has 4 aromatic carbocycles. The predicted octanol–water partition coefficient (Wildman–Crippen LogP) is 8.08. The van der Waals surface area contributed by atoms with Crippen LogP contribution in [-0.4, -0.2) is 90.4 Å². The van der Waals surface area contributed by atoms with Gasteiger partial charge < -0.3 is 38.6 Å². The van der Waals surface area contributed by atoms with Gasteiger partial charge in [-0.3, -0.25) is 9.59 Å². The van der Waals surface area contributed by atoms with Crippen LogP contribution in [0.25, 0.3) is 0 Å². The summed E-state index contributed by atoms with van der Waals surface area (Å²) >= 11 is 2.15. The summed E-state index contributed by atoms with van der Waals surface area (Å²) in [4.78, 5) is 31.5. The second-order valence-electron chi connectivity index (χ2n) is 14.3. The number of alkyl halides is 1. The number of aliphatic hydroxyl groups excluding tert-OH is 1. The lowest BCUT2D eigenvalue weighted by Gasteiger charge is -2.46. The molecule has 4 heterocycles. The molecule has 2 amide bonds. The van der Waals surface area contributed by atoms with Crippen molar-refractivity contribution in [1.82, 2.24) is 9.80 Å². The van der Waals surface area contributed by atoms with Crippen LogP contribution in [0.15, 0.2) is 97.1 Å². The number of carbonyl (C=O) groups excluding carboxylic acids is 2. The van der Waals surface area contributed by atoms with Crippen molar-refractivity contribution in [2.75, 3.05) is 52.4 Å². The smallest absolute Gasteiger partial charge is 0.257 e. The Morgan fingerprint density at radius 1 is 0.618 bits per heavy atom. The van der Waals surface area contributed by atoms with Gasteiger partial charge in [-0.15, -0.1) is 0 Å². The summed E-state index contributed by atoms with van der Waals surface area (Å²) in [6.07, 6.45) is 3.91. The van der Waals surface area contributed by atoms with Gasteiger partial charge in [0.2, 0.25) is 0 Å².